The van der Waals surface area contributed by atoms with Crippen molar-refractivity contribution in [1.82, 2.24) is 20.1 Å². The number of aromatic nitrogens is 3. The molecule has 31 heavy (non-hydrogen) atoms. The van der Waals surface area contributed by atoms with Crippen molar-refractivity contribution in [3.05, 3.63) is 54.5 Å². The molecule has 0 spiro atoms. The van der Waals surface area contributed by atoms with Gasteiger partial charge >= 0.3 is 6.18 Å². The van der Waals surface area contributed by atoms with Gasteiger partial charge in [0.25, 0.3) is 0 Å². The van der Waals surface area contributed by atoms with Crippen molar-refractivity contribution in [3.8, 4) is 11.1 Å². The summed E-state index contributed by atoms with van der Waals surface area (Å²) in [5.74, 6) is 0.318. The largest absolute Gasteiger partial charge is 0.416 e. The van der Waals surface area contributed by atoms with Crippen molar-refractivity contribution < 1.29 is 13.2 Å². The molecule has 3 aromatic rings. The zero-order valence-electron chi connectivity index (χ0n) is 16.9. The second kappa shape index (κ2) is 8.80. The van der Waals surface area contributed by atoms with Gasteiger partial charge in [0.2, 0.25) is 0 Å². The number of hydrogen-bond donors (Lipinski definition) is 2. The van der Waals surface area contributed by atoms with Gasteiger partial charge in [-0.2, -0.15) is 18.3 Å². The molecule has 6 nitrogen and oxygen atoms in total. The number of nitrogens with one attached hydrogen (secondary N) is 1. The number of nitrogens with two attached hydrogens (primary N) is 1. The monoisotopic (exact) mass is 448 g/mol. The van der Waals surface area contributed by atoms with E-state index in [-0.39, 0.29) is 0 Å². The highest BCUT2D eigenvalue weighted by Crippen LogP contribution is 2.36. The summed E-state index contributed by atoms with van der Waals surface area (Å²) in [5.41, 5.74) is 7.56. The second-order valence-electron chi connectivity index (χ2n) is 7.43. The standard InChI is InChI=1S/C21H23F3N6S/c1-29(18-4-2-3-16(10-18)21(22,23)24)31-19-9-14(11-27-20(19)25)15-12-28-30(13-15)17-5-7-26-8-6-17/h2-4,9-13,17,26H,5-8H2,1H3,(H2,25,27). The fourth-order valence-electron chi connectivity index (χ4n) is 3.52. The zero-order valence-corrected chi connectivity index (χ0v) is 17.7. The molecule has 1 saturated heterocycles. The van der Waals surface area contributed by atoms with E-state index in [1.807, 2.05) is 16.9 Å². The summed E-state index contributed by atoms with van der Waals surface area (Å²) in [6.45, 7) is 1.96. The first-order valence-electron chi connectivity index (χ1n) is 9.91. The zero-order chi connectivity index (χ0) is 22.0. The van der Waals surface area contributed by atoms with Crippen LogP contribution >= 0.6 is 11.9 Å². The Morgan fingerprint density at radius 1 is 1.16 bits per heavy atom. The van der Waals surface area contributed by atoms with E-state index in [1.54, 1.807) is 29.8 Å². The normalized spacial score (nSPS) is 15.2. The highest BCUT2D eigenvalue weighted by molar-refractivity contribution is 8.00. The molecule has 1 aliphatic heterocycles. The number of nitrogens with zero attached hydrogens (tertiary/aromatic N) is 4. The first kappa shape index (κ1) is 21.5. The van der Waals surface area contributed by atoms with Gasteiger partial charge in [0.15, 0.2) is 0 Å². The Morgan fingerprint density at radius 2 is 1.94 bits per heavy atom. The Kier molecular flexibility index (Phi) is 6.10. The van der Waals surface area contributed by atoms with Crippen LogP contribution in [0.15, 0.2) is 53.8 Å². The molecule has 10 heteroatoms. The van der Waals surface area contributed by atoms with Crippen LogP contribution < -0.4 is 15.4 Å². The number of nitrogen functional groups attached to an aromatic ring is 1. The molecule has 2 aromatic heterocycles. The summed E-state index contributed by atoms with van der Waals surface area (Å²) < 4.78 is 42.7. The Labute approximate surface area is 182 Å². The number of pyridine rings is 1. The van der Waals surface area contributed by atoms with Crippen LogP contribution in [0, 0.1) is 0 Å². The predicted octanol–water partition coefficient (Wildman–Crippen LogP) is 4.61. The quantitative estimate of drug-likeness (QED) is 0.556. The minimum Gasteiger partial charge on any atom is -0.383 e. The van der Waals surface area contributed by atoms with E-state index >= 15 is 0 Å². The molecule has 1 fully saturated rings. The molecule has 1 aromatic carbocycles. The molecular formula is C21H23F3N6S. The van der Waals surface area contributed by atoms with Gasteiger partial charge in [0.05, 0.1) is 22.7 Å². The Balaban J connectivity index is 1.54. The third-order valence-electron chi connectivity index (χ3n) is 5.27. The summed E-state index contributed by atoms with van der Waals surface area (Å²) in [7, 11) is 1.70. The highest BCUT2D eigenvalue weighted by atomic mass is 32.2. The van der Waals surface area contributed by atoms with Crippen molar-refractivity contribution in [3.63, 3.8) is 0 Å². The van der Waals surface area contributed by atoms with Gasteiger partial charge < -0.3 is 15.4 Å². The smallest absolute Gasteiger partial charge is 0.383 e. The molecule has 0 bridgehead atoms. The summed E-state index contributed by atoms with van der Waals surface area (Å²) in [4.78, 5) is 4.94. The maximum absolute atomic E-state index is 13.0. The van der Waals surface area contributed by atoms with Gasteiger partial charge in [0.1, 0.15) is 5.82 Å². The van der Waals surface area contributed by atoms with Gasteiger partial charge in [-0.15, -0.1) is 0 Å². The number of alkyl halides is 3. The minimum atomic E-state index is -4.39. The third kappa shape index (κ3) is 4.96. The lowest BCUT2D eigenvalue weighted by atomic mass is 10.1. The average Bonchev–Trinajstić information content (AvgIpc) is 3.26. The van der Waals surface area contributed by atoms with Crippen LogP contribution in [0.2, 0.25) is 0 Å². The fourth-order valence-corrected chi connectivity index (χ4v) is 4.36. The molecule has 1 aliphatic rings. The van der Waals surface area contributed by atoms with Crippen molar-refractivity contribution in [2.45, 2.75) is 30.0 Å². The fraction of sp³-hybridized carbons (Fsp3) is 0.333. The van der Waals surface area contributed by atoms with Crippen LogP contribution in [0.4, 0.5) is 24.7 Å². The van der Waals surface area contributed by atoms with E-state index in [4.69, 9.17) is 5.73 Å². The van der Waals surface area contributed by atoms with Gasteiger partial charge in [-0.05, 0) is 62.1 Å². The number of anilines is 2. The molecule has 0 aliphatic carbocycles. The Morgan fingerprint density at radius 3 is 2.68 bits per heavy atom. The molecule has 4 rings (SSSR count). The molecular weight excluding hydrogens is 425 g/mol. The van der Waals surface area contributed by atoms with E-state index in [9.17, 15) is 13.2 Å². The van der Waals surface area contributed by atoms with Crippen molar-refractivity contribution in [2.24, 2.45) is 0 Å². The van der Waals surface area contributed by atoms with Crippen LogP contribution in [0.5, 0.6) is 0 Å². The van der Waals surface area contributed by atoms with Crippen molar-refractivity contribution in [1.29, 1.82) is 0 Å². The third-order valence-corrected chi connectivity index (χ3v) is 6.28. The van der Waals surface area contributed by atoms with Crippen molar-refractivity contribution >= 4 is 23.5 Å². The Bertz CT molecular complexity index is 1050. The lowest BCUT2D eigenvalue weighted by molar-refractivity contribution is -0.137. The molecule has 3 N–H and O–H groups in total. The van der Waals surface area contributed by atoms with Gasteiger partial charge in [-0.3, -0.25) is 4.68 Å². The van der Waals surface area contributed by atoms with Crippen LogP contribution in [0.25, 0.3) is 11.1 Å². The summed E-state index contributed by atoms with van der Waals surface area (Å²) in [6, 6.07) is 7.45. The summed E-state index contributed by atoms with van der Waals surface area (Å²) in [6.07, 6.45) is 3.17. The number of halogens is 3. The van der Waals surface area contributed by atoms with E-state index in [1.165, 1.54) is 18.0 Å². The number of benzene rings is 1. The van der Waals surface area contributed by atoms with Crippen LogP contribution in [0.3, 0.4) is 0 Å². The average molecular weight is 449 g/mol. The second-order valence-corrected chi connectivity index (χ2v) is 8.60. The number of piperidine rings is 1. The van der Waals surface area contributed by atoms with Gasteiger partial charge in [0, 0.05) is 36.3 Å². The molecule has 0 amide bonds. The molecule has 0 unspecified atom stereocenters. The molecule has 0 radical (unpaired) electrons. The van der Waals surface area contributed by atoms with Gasteiger partial charge in [-0.1, -0.05) is 6.07 Å². The van der Waals surface area contributed by atoms with Crippen LogP contribution in [0.1, 0.15) is 24.4 Å². The number of hydrogen-bond acceptors (Lipinski definition) is 6. The first-order valence-corrected chi connectivity index (χ1v) is 10.7. The molecule has 0 saturated carbocycles. The van der Waals surface area contributed by atoms with Gasteiger partial charge in [-0.25, -0.2) is 4.98 Å². The lowest BCUT2D eigenvalue weighted by Crippen LogP contribution is -2.29. The SMILES string of the molecule is CN(Sc1cc(-c2cnn(C3CCNCC3)c2)cnc1N)c1cccc(C(F)(F)F)c1. The topological polar surface area (TPSA) is 72.0 Å². The first-order chi connectivity index (χ1) is 14.8. The molecule has 3 heterocycles. The maximum atomic E-state index is 13.0. The Hall–Kier alpha value is -2.72. The highest BCUT2D eigenvalue weighted by Gasteiger charge is 2.30. The minimum absolute atomic E-state index is 0.318. The summed E-state index contributed by atoms with van der Waals surface area (Å²) >= 11 is 1.23. The maximum Gasteiger partial charge on any atom is 0.416 e. The van der Waals surface area contributed by atoms with Crippen molar-refractivity contribution in [2.75, 3.05) is 30.2 Å². The number of rotatable bonds is 5. The summed E-state index contributed by atoms with van der Waals surface area (Å²) in [5, 5.41) is 7.86. The van der Waals surface area contributed by atoms with E-state index in [2.05, 4.69) is 15.4 Å². The van der Waals surface area contributed by atoms with Crippen LogP contribution in [-0.2, 0) is 6.18 Å². The van der Waals surface area contributed by atoms with E-state index in [0.717, 1.165) is 49.2 Å². The lowest BCUT2D eigenvalue weighted by Gasteiger charge is -2.22. The predicted molar refractivity (Wildman–Crippen MR) is 117 cm³/mol. The van der Waals surface area contributed by atoms with E-state index in [0.29, 0.717) is 22.4 Å². The van der Waals surface area contributed by atoms with E-state index < -0.39 is 11.7 Å². The molecule has 164 valence electrons. The molecule has 0 atom stereocenters. The van der Waals surface area contributed by atoms with Crippen LogP contribution in [-0.4, -0.2) is 34.9 Å².